The smallest absolute Gasteiger partial charge is 0.350 e. The van der Waals surface area contributed by atoms with E-state index in [-0.39, 0.29) is 12.4 Å². The first-order chi connectivity index (χ1) is 13.7. The van der Waals surface area contributed by atoms with Gasteiger partial charge in [0.05, 0.1) is 18.6 Å². The van der Waals surface area contributed by atoms with Crippen molar-refractivity contribution in [2.45, 2.75) is 6.92 Å². The number of furan rings is 1. The third kappa shape index (κ3) is 3.59. The summed E-state index contributed by atoms with van der Waals surface area (Å²) in [4.78, 5) is 25.8. The monoisotopic (exact) mass is 399 g/mol. The summed E-state index contributed by atoms with van der Waals surface area (Å²) in [6.45, 7) is 2.97. The van der Waals surface area contributed by atoms with E-state index in [4.69, 9.17) is 18.6 Å². The summed E-state index contributed by atoms with van der Waals surface area (Å²) in [5, 5.41) is 2.73. The highest BCUT2D eigenvalue weighted by molar-refractivity contribution is 7.18. The Morgan fingerprint density at radius 3 is 2.71 bits per heavy atom. The lowest BCUT2D eigenvalue weighted by Gasteiger charge is -2.18. The van der Waals surface area contributed by atoms with E-state index in [1.807, 2.05) is 18.2 Å². The maximum Gasteiger partial charge on any atom is 0.350 e. The number of esters is 1. The SMILES string of the molecule is CCOC(=O)c1sc(-c2ccc3c(c2)OCCO3)cc1NC(=O)c1ccco1. The van der Waals surface area contributed by atoms with Crippen LogP contribution >= 0.6 is 11.3 Å². The molecule has 1 aliphatic heterocycles. The number of benzene rings is 1. The fourth-order valence-corrected chi connectivity index (χ4v) is 3.77. The lowest BCUT2D eigenvalue weighted by molar-refractivity contribution is 0.0533. The van der Waals surface area contributed by atoms with E-state index in [1.165, 1.54) is 17.6 Å². The largest absolute Gasteiger partial charge is 0.486 e. The average molecular weight is 399 g/mol. The fourth-order valence-electron chi connectivity index (χ4n) is 2.76. The molecule has 7 nitrogen and oxygen atoms in total. The second kappa shape index (κ2) is 7.77. The molecule has 28 heavy (non-hydrogen) atoms. The highest BCUT2D eigenvalue weighted by atomic mass is 32.1. The molecule has 4 rings (SSSR count). The average Bonchev–Trinajstić information content (AvgIpc) is 3.38. The molecule has 0 bridgehead atoms. The maximum absolute atomic E-state index is 12.4. The molecule has 0 atom stereocenters. The van der Waals surface area contributed by atoms with Crippen LogP contribution in [-0.4, -0.2) is 31.7 Å². The van der Waals surface area contributed by atoms with Crippen LogP contribution in [0.15, 0.2) is 47.1 Å². The molecule has 1 aromatic carbocycles. The second-order valence-corrected chi connectivity index (χ2v) is 6.92. The second-order valence-electron chi connectivity index (χ2n) is 5.86. The molecule has 0 fully saturated rings. The van der Waals surface area contributed by atoms with Crippen LogP contribution in [0.2, 0.25) is 0 Å². The molecule has 144 valence electrons. The van der Waals surface area contributed by atoms with Crippen molar-refractivity contribution in [2.75, 3.05) is 25.1 Å². The van der Waals surface area contributed by atoms with Crippen LogP contribution in [0.25, 0.3) is 10.4 Å². The Bertz CT molecular complexity index is 1010. The van der Waals surface area contributed by atoms with Crippen molar-refractivity contribution >= 4 is 28.9 Å². The van der Waals surface area contributed by atoms with E-state index >= 15 is 0 Å². The van der Waals surface area contributed by atoms with Gasteiger partial charge in [0.15, 0.2) is 17.3 Å². The minimum absolute atomic E-state index is 0.155. The van der Waals surface area contributed by atoms with E-state index in [2.05, 4.69) is 5.32 Å². The van der Waals surface area contributed by atoms with Gasteiger partial charge in [0.2, 0.25) is 0 Å². The predicted molar refractivity (Wildman–Crippen MR) is 103 cm³/mol. The molecule has 1 amide bonds. The Kier molecular flexibility index (Phi) is 5.03. The van der Waals surface area contributed by atoms with Gasteiger partial charge in [-0.1, -0.05) is 0 Å². The van der Waals surface area contributed by atoms with Crippen molar-refractivity contribution in [3.8, 4) is 21.9 Å². The van der Waals surface area contributed by atoms with E-state index in [0.29, 0.717) is 35.3 Å². The molecule has 0 unspecified atom stereocenters. The zero-order valence-corrected chi connectivity index (χ0v) is 15.8. The molecule has 0 aliphatic carbocycles. The van der Waals surface area contributed by atoms with E-state index in [9.17, 15) is 9.59 Å². The van der Waals surface area contributed by atoms with Gasteiger partial charge in [-0.25, -0.2) is 4.79 Å². The predicted octanol–water partition coefficient (Wildman–Crippen LogP) is 4.21. The Balaban J connectivity index is 1.68. The van der Waals surface area contributed by atoms with Gasteiger partial charge in [-0.15, -0.1) is 11.3 Å². The van der Waals surface area contributed by atoms with Crippen LogP contribution in [0.5, 0.6) is 11.5 Å². The third-order valence-corrected chi connectivity index (χ3v) is 5.18. The summed E-state index contributed by atoms with van der Waals surface area (Å²) in [7, 11) is 0. The zero-order chi connectivity index (χ0) is 19.5. The van der Waals surface area contributed by atoms with Crippen molar-refractivity contribution in [1.29, 1.82) is 0 Å². The quantitative estimate of drug-likeness (QED) is 0.647. The topological polar surface area (TPSA) is 87.0 Å². The van der Waals surface area contributed by atoms with Crippen molar-refractivity contribution in [2.24, 2.45) is 0 Å². The number of amides is 1. The summed E-state index contributed by atoms with van der Waals surface area (Å²) in [6, 6.07) is 10.5. The molecule has 1 N–H and O–H groups in total. The normalized spacial score (nSPS) is 12.5. The molecule has 0 saturated heterocycles. The van der Waals surface area contributed by atoms with Crippen LogP contribution in [0.4, 0.5) is 5.69 Å². The number of hydrogen-bond donors (Lipinski definition) is 1. The highest BCUT2D eigenvalue weighted by Gasteiger charge is 2.22. The van der Waals surface area contributed by atoms with Gasteiger partial charge in [0, 0.05) is 4.88 Å². The lowest BCUT2D eigenvalue weighted by atomic mass is 10.1. The number of nitrogens with one attached hydrogen (secondary N) is 1. The Morgan fingerprint density at radius 1 is 1.14 bits per heavy atom. The van der Waals surface area contributed by atoms with Gasteiger partial charge in [0.1, 0.15) is 18.1 Å². The van der Waals surface area contributed by atoms with E-state index in [1.54, 1.807) is 25.1 Å². The number of hydrogen-bond acceptors (Lipinski definition) is 7. The van der Waals surface area contributed by atoms with Gasteiger partial charge >= 0.3 is 5.97 Å². The molecule has 0 radical (unpaired) electrons. The van der Waals surface area contributed by atoms with Crippen LogP contribution in [-0.2, 0) is 4.74 Å². The summed E-state index contributed by atoms with van der Waals surface area (Å²) < 4.78 is 21.4. The number of ether oxygens (including phenoxy) is 3. The van der Waals surface area contributed by atoms with Crippen molar-refractivity contribution < 1.29 is 28.2 Å². The van der Waals surface area contributed by atoms with Gasteiger partial charge < -0.3 is 23.9 Å². The summed E-state index contributed by atoms with van der Waals surface area (Å²) in [5.41, 5.74) is 1.22. The first kappa shape index (κ1) is 18.1. The van der Waals surface area contributed by atoms with Crippen molar-refractivity contribution in [1.82, 2.24) is 0 Å². The Morgan fingerprint density at radius 2 is 1.96 bits per heavy atom. The van der Waals surface area contributed by atoms with Crippen LogP contribution < -0.4 is 14.8 Å². The molecule has 0 spiro atoms. The molecule has 3 aromatic rings. The van der Waals surface area contributed by atoms with Gasteiger partial charge in [-0.05, 0) is 48.9 Å². The molecule has 0 saturated carbocycles. The number of thiophene rings is 1. The van der Waals surface area contributed by atoms with Gasteiger partial charge in [-0.2, -0.15) is 0 Å². The highest BCUT2D eigenvalue weighted by Crippen LogP contribution is 2.40. The van der Waals surface area contributed by atoms with Crippen LogP contribution in [0.3, 0.4) is 0 Å². The number of anilines is 1. The fraction of sp³-hybridized carbons (Fsp3) is 0.200. The minimum Gasteiger partial charge on any atom is -0.486 e. The maximum atomic E-state index is 12.4. The minimum atomic E-state index is -0.494. The third-order valence-electron chi connectivity index (χ3n) is 4.01. The molecular formula is C20H17NO6S. The summed E-state index contributed by atoms with van der Waals surface area (Å²) in [5.74, 6) is 0.550. The lowest BCUT2D eigenvalue weighted by Crippen LogP contribution is -2.15. The number of fused-ring (bicyclic) bond motifs is 1. The zero-order valence-electron chi connectivity index (χ0n) is 15.0. The first-order valence-electron chi connectivity index (χ1n) is 8.71. The van der Waals surface area contributed by atoms with Gasteiger partial charge in [-0.3, -0.25) is 4.79 Å². The van der Waals surface area contributed by atoms with Crippen LogP contribution in [0, 0.1) is 0 Å². The number of carbonyl (C=O) groups is 2. The first-order valence-corrected chi connectivity index (χ1v) is 9.53. The summed E-state index contributed by atoms with van der Waals surface area (Å²) in [6.07, 6.45) is 1.41. The van der Waals surface area contributed by atoms with E-state index < -0.39 is 11.9 Å². The van der Waals surface area contributed by atoms with E-state index in [0.717, 1.165) is 10.4 Å². The molecule has 1 aliphatic rings. The number of rotatable bonds is 5. The number of carbonyl (C=O) groups excluding carboxylic acids is 2. The Hall–Kier alpha value is -3.26. The van der Waals surface area contributed by atoms with Crippen LogP contribution in [0.1, 0.15) is 27.2 Å². The molecule has 2 aromatic heterocycles. The van der Waals surface area contributed by atoms with Crippen molar-refractivity contribution in [3.05, 3.63) is 53.3 Å². The standard InChI is InChI=1S/C20H17NO6S/c1-2-24-20(23)18-13(21-19(22)15-4-3-7-25-15)11-17(28-18)12-5-6-14-16(10-12)27-9-8-26-14/h3-7,10-11H,2,8-9H2,1H3,(H,21,22). The van der Waals surface area contributed by atoms with Gasteiger partial charge in [0.25, 0.3) is 5.91 Å². The Labute approximate surface area is 164 Å². The molecule has 8 heteroatoms. The molecular weight excluding hydrogens is 382 g/mol. The van der Waals surface area contributed by atoms with Crippen molar-refractivity contribution in [3.63, 3.8) is 0 Å². The summed E-state index contributed by atoms with van der Waals surface area (Å²) >= 11 is 1.23. The molecule has 3 heterocycles.